The van der Waals surface area contributed by atoms with Crippen LogP contribution < -0.4 is 10.2 Å². The molecule has 4 atom stereocenters. The smallest absolute Gasteiger partial charge is 0.402 e. The summed E-state index contributed by atoms with van der Waals surface area (Å²) in [6.07, 6.45) is -7.67. The summed E-state index contributed by atoms with van der Waals surface area (Å²) in [6, 6.07) is 2.37. The summed E-state index contributed by atoms with van der Waals surface area (Å²) < 4.78 is 80.7. The Balaban J connectivity index is 1.56. The molecular formula is C23H29F6N3O2. The van der Waals surface area contributed by atoms with Gasteiger partial charge in [0.15, 0.2) is 5.92 Å². The van der Waals surface area contributed by atoms with Crippen LogP contribution in [0.15, 0.2) is 18.2 Å². The van der Waals surface area contributed by atoms with E-state index in [2.05, 4.69) is 10.2 Å². The zero-order chi connectivity index (χ0) is 24.8. The minimum Gasteiger partial charge on any atom is -0.480 e. The van der Waals surface area contributed by atoms with Crippen LogP contribution in [0.1, 0.15) is 30.4 Å². The van der Waals surface area contributed by atoms with Crippen LogP contribution in [-0.4, -0.2) is 66.6 Å². The molecule has 4 unspecified atom stereocenters. The van der Waals surface area contributed by atoms with E-state index in [4.69, 9.17) is 0 Å². The molecule has 0 amide bonds. The molecule has 3 aliphatic heterocycles. The Bertz CT molecular complexity index is 886. The third-order valence-corrected chi connectivity index (χ3v) is 7.59. The lowest BCUT2D eigenvalue weighted by atomic mass is 9.84. The van der Waals surface area contributed by atoms with Crippen LogP contribution in [0.25, 0.3) is 0 Å². The van der Waals surface area contributed by atoms with Gasteiger partial charge in [0.2, 0.25) is 0 Å². The first-order valence-electron chi connectivity index (χ1n) is 11.6. The van der Waals surface area contributed by atoms with Gasteiger partial charge in [0.1, 0.15) is 6.04 Å². The first-order chi connectivity index (χ1) is 15.9. The van der Waals surface area contributed by atoms with Crippen molar-refractivity contribution in [2.45, 2.75) is 57.2 Å². The van der Waals surface area contributed by atoms with Gasteiger partial charge in [-0.25, -0.2) is 0 Å². The minimum atomic E-state index is -5.53. The van der Waals surface area contributed by atoms with Gasteiger partial charge in [-0.15, -0.1) is 0 Å². The number of nitrogens with zero attached hydrogens (tertiary/aromatic N) is 2. The van der Waals surface area contributed by atoms with Gasteiger partial charge in [0.25, 0.3) is 0 Å². The van der Waals surface area contributed by atoms with E-state index in [0.29, 0.717) is 6.54 Å². The Kier molecular flexibility index (Phi) is 6.80. The molecule has 3 heterocycles. The highest BCUT2D eigenvalue weighted by Crippen LogP contribution is 2.48. The first-order valence-corrected chi connectivity index (χ1v) is 11.6. The highest BCUT2D eigenvalue weighted by atomic mass is 19.4. The van der Waals surface area contributed by atoms with Crippen LogP contribution in [0.3, 0.4) is 0 Å². The number of likely N-dealkylation sites (tertiary alicyclic amines) is 1. The van der Waals surface area contributed by atoms with E-state index < -0.39 is 48.2 Å². The number of carboxylic acids is 1. The molecule has 0 saturated carbocycles. The number of hydrogen-bond donors (Lipinski definition) is 2. The third-order valence-electron chi connectivity index (χ3n) is 7.59. The molecule has 0 aromatic heterocycles. The van der Waals surface area contributed by atoms with E-state index in [0.717, 1.165) is 42.7 Å². The topological polar surface area (TPSA) is 55.8 Å². The Morgan fingerprint density at radius 1 is 1.06 bits per heavy atom. The molecule has 3 fully saturated rings. The molecule has 1 aromatic carbocycles. The fourth-order valence-electron chi connectivity index (χ4n) is 6.01. The molecular weight excluding hydrogens is 464 g/mol. The van der Waals surface area contributed by atoms with E-state index in [9.17, 15) is 36.2 Å². The fourth-order valence-corrected chi connectivity index (χ4v) is 6.01. The Morgan fingerprint density at radius 2 is 1.68 bits per heavy atom. The largest absolute Gasteiger partial charge is 0.480 e. The second kappa shape index (κ2) is 9.22. The average Bonchev–Trinajstić information content (AvgIpc) is 3.28. The predicted molar refractivity (Wildman–Crippen MR) is 113 cm³/mol. The molecule has 11 heteroatoms. The summed E-state index contributed by atoms with van der Waals surface area (Å²) in [7, 11) is 0. The minimum absolute atomic E-state index is 0.0256. The lowest BCUT2D eigenvalue weighted by Gasteiger charge is -2.32. The van der Waals surface area contributed by atoms with Crippen molar-refractivity contribution in [1.29, 1.82) is 0 Å². The molecule has 5 nitrogen and oxygen atoms in total. The molecule has 3 saturated heterocycles. The van der Waals surface area contributed by atoms with Crippen molar-refractivity contribution in [2.24, 2.45) is 17.8 Å². The number of halogens is 6. The average molecular weight is 493 g/mol. The number of carboxylic acid groups (broad SMARTS) is 1. The third kappa shape index (κ3) is 4.86. The van der Waals surface area contributed by atoms with E-state index in [1.165, 1.54) is 6.42 Å². The number of rotatable bonds is 5. The van der Waals surface area contributed by atoms with Crippen LogP contribution in [0.4, 0.5) is 32.0 Å². The van der Waals surface area contributed by atoms with Crippen molar-refractivity contribution >= 4 is 11.7 Å². The number of carbonyl (C=O) groups is 1. The quantitative estimate of drug-likeness (QED) is 0.603. The maximum absolute atomic E-state index is 13.4. The van der Waals surface area contributed by atoms with Crippen molar-refractivity contribution in [2.75, 3.05) is 31.1 Å². The number of piperidine rings is 1. The van der Waals surface area contributed by atoms with Crippen LogP contribution >= 0.6 is 0 Å². The molecule has 1 aromatic rings. The zero-order valence-electron chi connectivity index (χ0n) is 18.8. The lowest BCUT2D eigenvalue weighted by molar-refractivity contribution is -0.293. The van der Waals surface area contributed by atoms with Gasteiger partial charge in [-0.05, 0) is 49.3 Å². The number of alkyl halides is 6. The molecule has 4 rings (SSSR count). The Labute approximate surface area is 194 Å². The Morgan fingerprint density at radius 3 is 2.26 bits per heavy atom. The molecule has 2 N–H and O–H groups in total. The maximum atomic E-state index is 13.4. The summed E-state index contributed by atoms with van der Waals surface area (Å²) in [6.45, 7) is 4.32. The van der Waals surface area contributed by atoms with Gasteiger partial charge in [0.05, 0.1) is 0 Å². The zero-order valence-corrected chi connectivity index (χ0v) is 18.8. The van der Waals surface area contributed by atoms with E-state index >= 15 is 0 Å². The number of aliphatic carboxylic acids is 1. The second-order valence-electron chi connectivity index (χ2n) is 9.70. The lowest BCUT2D eigenvalue weighted by Crippen LogP contribution is -2.53. The summed E-state index contributed by atoms with van der Waals surface area (Å²) in [4.78, 5) is 15.8. The Hall–Kier alpha value is -2.01. The molecule has 190 valence electrons. The SMILES string of the molecule is Cc1c(CN2CC3C(C(=O)O)NC(C(C(F)(F)F)C(F)(F)F)C3C2)cccc1N1CCCCC1. The van der Waals surface area contributed by atoms with Gasteiger partial charge in [0, 0.05) is 50.4 Å². The van der Waals surface area contributed by atoms with Crippen molar-refractivity contribution in [3.8, 4) is 0 Å². The van der Waals surface area contributed by atoms with Crippen molar-refractivity contribution < 1.29 is 36.2 Å². The van der Waals surface area contributed by atoms with E-state index in [1.807, 2.05) is 25.1 Å². The van der Waals surface area contributed by atoms with Crippen LogP contribution in [0.5, 0.6) is 0 Å². The molecule has 3 aliphatic rings. The molecule has 34 heavy (non-hydrogen) atoms. The summed E-state index contributed by atoms with van der Waals surface area (Å²) in [5.74, 6) is -6.94. The fraction of sp³-hybridized carbons (Fsp3) is 0.696. The van der Waals surface area contributed by atoms with Gasteiger partial charge >= 0.3 is 18.3 Å². The molecule has 0 aliphatic carbocycles. The molecule has 0 spiro atoms. The van der Waals surface area contributed by atoms with Gasteiger partial charge in [-0.3, -0.25) is 9.69 Å². The maximum Gasteiger partial charge on any atom is 0.402 e. The number of nitrogens with one attached hydrogen (secondary N) is 1. The summed E-state index contributed by atoms with van der Waals surface area (Å²) in [5.41, 5.74) is 3.07. The number of hydrogen-bond acceptors (Lipinski definition) is 4. The van der Waals surface area contributed by atoms with Crippen LogP contribution in [0.2, 0.25) is 0 Å². The highest BCUT2D eigenvalue weighted by molar-refractivity contribution is 5.74. The van der Waals surface area contributed by atoms with Gasteiger partial charge in [-0.1, -0.05) is 12.1 Å². The summed E-state index contributed by atoms with van der Waals surface area (Å²) in [5, 5.41) is 11.7. The molecule has 0 bridgehead atoms. The molecule has 0 radical (unpaired) electrons. The predicted octanol–water partition coefficient (Wildman–Crippen LogP) is 4.20. The van der Waals surface area contributed by atoms with Crippen LogP contribution in [0, 0.1) is 24.7 Å². The van der Waals surface area contributed by atoms with Crippen molar-refractivity contribution in [3.63, 3.8) is 0 Å². The number of fused-ring (bicyclic) bond motifs is 1. The second-order valence-corrected chi connectivity index (χ2v) is 9.70. The number of benzene rings is 1. The first kappa shape index (κ1) is 25.1. The van der Waals surface area contributed by atoms with E-state index in [-0.39, 0.29) is 13.1 Å². The van der Waals surface area contributed by atoms with Gasteiger partial charge < -0.3 is 15.3 Å². The standard InChI is InChI=1S/C23H29F6N3O2/c1-13-14(6-5-7-17(13)32-8-3-2-4-9-32)10-31-11-15-16(12-31)19(21(33)34)30-18(15)20(22(24,25)26)23(27,28)29/h5-7,15-16,18-20,30H,2-4,8-12H2,1H3,(H,33,34). The van der Waals surface area contributed by atoms with Gasteiger partial charge in [-0.2, -0.15) is 26.3 Å². The highest BCUT2D eigenvalue weighted by Gasteiger charge is 2.66. The monoisotopic (exact) mass is 493 g/mol. The van der Waals surface area contributed by atoms with Crippen molar-refractivity contribution in [3.05, 3.63) is 29.3 Å². The summed E-state index contributed by atoms with van der Waals surface area (Å²) >= 11 is 0. The van der Waals surface area contributed by atoms with Crippen LogP contribution in [-0.2, 0) is 11.3 Å². The van der Waals surface area contributed by atoms with Crippen molar-refractivity contribution in [1.82, 2.24) is 10.2 Å². The normalized spacial score (nSPS) is 28.5. The van der Waals surface area contributed by atoms with E-state index in [1.54, 1.807) is 4.90 Å². The number of anilines is 1.